The van der Waals surface area contributed by atoms with Gasteiger partial charge in [-0.3, -0.25) is 9.69 Å². The molecule has 5 nitrogen and oxygen atoms in total. The molecule has 0 radical (unpaired) electrons. The van der Waals surface area contributed by atoms with E-state index < -0.39 is 11.7 Å². The molecule has 1 aliphatic heterocycles. The van der Waals surface area contributed by atoms with E-state index in [-0.39, 0.29) is 31.0 Å². The van der Waals surface area contributed by atoms with Crippen molar-refractivity contribution in [3.05, 3.63) is 29.8 Å². The van der Waals surface area contributed by atoms with Gasteiger partial charge in [-0.2, -0.15) is 13.2 Å². The highest BCUT2D eigenvalue weighted by atomic mass is 35.5. The second kappa shape index (κ2) is 12.7. The van der Waals surface area contributed by atoms with Gasteiger partial charge in [0.05, 0.1) is 5.56 Å². The van der Waals surface area contributed by atoms with Crippen LogP contribution < -0.4 is 10.2 Å². The summed E-state index contributed by atoms with van der Waals surface area (Å²) in [6, 6.07) is 5.89. The van der Waals surface area contributed by atoms with Crippen molar-refractivity contribution in [3.8, 4) is 0 Å². The Morgan fingerprint density at radius 2 is 1.81 bits per heavy atom. The van der Waals surface area contributed by atoms with Crippen molar-refractivity contribution < 1.29 is 22.7 Å². The van der Waals surface area contributed by atoms with Crippen molar-refractivity contribution in [1.29, 1.82) is 0 Å². The van der Waals surface area contributed by atoms with Gasteiger partial charge in [0.2, 0.25) is 5.91 Å². The van der Waals surface area contributed by atoms with Crippen molar-refractivity contribution in [2.45, 2.75) is 51.2 Å². The zero-order chi connectivity index (χ0) is 22.3. The highest BCUT2D eigenvalue weighted by Gasteiger charge is 2.31. The van der Waals surface area contributed by atoms with Gasteiger partial charge >= 0.3 is 6.18 Å². The topological polar surface area (TPSA) is 44.8 Å². The SMILES string of the molecule is CCOCC(=O)NC1CCC(CCN2CCN(c3cccc(C(F)(F)F)c3)CC2)CC1.Cl. The smallest absolute Gasteiger partial charge is 0.372 e. The summed E-state index contributed by atoms with van der Waals surface area (Å²) in [7, 11) is 0. The molecule has 0 atom stereocenters. The standard InChI is InChI=1S/C23H34F3N3O2.ClH/c1-2-31-17-22(30)27-20-8-6-18(7-9-20)10-11-28-12-14-29(15-13-28)21-5-3-4-19(16-21)23(24,25)26;/h3-5,16,18,20H,2,6-15,17H2,1H3,(H,27,30);1H. The zero-order valence-corrected chi connectivity index (χ0v) is 19.5. The van der Waals surface area contributed by atoms with E-state index in [2.05, 4.69) is 10.2 Å². The molecule has 182 valence electrons. The fourth-order valence-electron chi connectivity index (χ4n) is 4.53. The first-order valence-electron chi connectivity index (χ1n) is 11.4. The molecule has 1 N–H and O–H groups in total. The summed E-state index contributed by atoms with van der Waals surface area (Å²) in [4.78, 5) is 16.2. The molecule has 1 amide bonds. The lowest BCUT2D eigenvalue weighted by molar-refractivity contribution is -0.137. The Morgan fingerprint density at radius 3 is 2.44 bits per heavy atom. The Bertz CT molecular complexity index is 704. The molecule has 1 aliphatic carbocycles. The van der Waals surface area contributed by atoms with Crippen molar-refractivity contribution in [1.82, 2.24) is 10.2 Å². The molecule has 1 aromatic rings. The van der Waals surface area contributed by atoms with E-state index >= 15 is 0 Å². The van der Waals surface area contributed by atoms with E-state index in [9.17, 15) is 18.0 Å². The second-order valence-electron chi connectivity index (χ2n) is 8.59. The lowest BCUT2D eigenvalue weighted by atomic mass is 9.84. The summed E-state index contributed by atoms with van der Waals surface area (Å²) in [6.45, 7) is 6.85. The fraction of sp³-hybridized carbons (Fsp3) is 0.696. The number of carbonyl (C=O) groups is 1. The Kier molecular flexibility index (Phi) is 10.6. The molecule has 1 saturated heterocycles. The van der Waals surface area contributed by atoms with Crippen LogP contribution in [0.15, 0.2) is 24.3 Å². The van der Waals surface area contributed by atoms with Gasteiger partial charge in [0.25, 0.3) is 0 Å². The maximum atomic E-state index is 13.0. The predicted octanol–water partition coefficient (Wildman–Crippen LogP) is 4.35. The summed E-state index contributed by atoms with van der Waals surface area (Å²) < 4.78 is 44.0. The van der Waals surface area contributed by atoms with Crippen molar-refractivity contribution >= 4 is 24.0 Å². The van der Waals surface area contributed by atoms with Crippen LogP contribution in [0, 0.1) is 5.92 Å². The number of ether oxygens (including phenoxy) is 1. The Labute approximate surface area is 195 Å². The van der Waals surface area contributed by atoms with Crippen molar-refractivity contribution in [3.63, 3.8) is 0 Å². The minimum absolute atomic E-state index is 0. The summed E-state index contributed by atoms with van der Waals surface area (Å²) in [5.41, 5.74) is 0.0660. The highest BCUT2D eigenvalue weighted by Crippen LogP contribution is 2.32. The molecule has 0 spiro atoms. The van der Waals surface area contributed by atoms with Crippen LogP contribution in [0.25, 0.3) is 0 Å². The maximum absolute atomic E-state index is 13.0. The van der Waals surface area contributed by atoms with Crippen molar-refractivity contribution in [2.24, 2.45) is 5.92 Å². The zero-order valence-electron chi connectivity index (χ0n) is 18.7. The number of rotatable bonds is 8. The average Bonchev–Trinajstić information content (AvgIpc) is 2.77. The predicted molar refractivity (Wildman–Crippen MR) is 122 cm³/mol. The van der Waals surface area contributed by atoms with Crippen LogP contribution in [0.2, 0.25) is 0 Å². The van der Waals surface area contributed by atoms with Crippen molar-refractivity contribution in [2.75, 3.05) is 50.8 Å². The average molecular weight is 478 g/mol. The van der Waals surface area contributed by atoms with E-state index in [4.69, 9.17) is 4.74 Å². The van der Waals surface area contributed by atoms with Gasteiger partial charge in [-0.25, -0.2) is 0 Å². The first-order chi connectivity index (χ1) is 14.8. The molecule has 32 heavy (non-hydrogen) atoms. The summed E-state index contributed by atoms with van der Waals surface area (Å²) >= 11 is 0. The first-order valence-corrected chi connectivity index (χ1v) is 11.4. The minimum Gasteiger partial charge on any atom is -0.372 e. The molecule has 1 saturated carbocycles. The number of benzene rings is 1. The van der Waals surface area contributed by atoms with E-state index in [0.29, 0.717) is 18.2 Å². The van der Waals surface area contributed by atoms with Gasteiger partial charge in [-0.15, -0.1) is 12.4 Å². The fourth-order valence-corrected chi connectivity index (χ4v) is 4.53. The number of halogens is 4. The Balaban J connectivity index is 0.00000363. The molecule has 0 aromatic heterocycles. The van der Waals surface area contributed by atoms with Gasteiger partial charge in [0, 0.05) is 44.5 Å². The van der Waals surface area contributed by atoms with Crippen LogP contribution in [-0.2, 0) is 15.7 Å². The summed E-state index contributed by atoms with van der Waals surface area (Å²) in [5, 5.41) is 3.06. The summed E-state index contributed by atoms with van der Waals surface area (Å²) in [5.74, 6) is 0.658. The molecule has 3 rings (SSSR count). The third-order valence-corrected chi connectivity index (χ3v) is 6.41. The molecule has 1 heterocycles. The normalized spacial score (nSPS) is 22.3. The third-order valence-electron chi connectivity index (χ3n) is 6.41. The van der Waals surface area contributed by atoms with E-state index in [1.165, 1.54) is 12.1 Å². The molecule has 1 aromatic carbocycles. The number of alkyl halides is 3. The molecule has 2 fully saturated rings. The van der Waals surface area contributed by atoms with Crippen LogP contribution in [-0.4, -0.2) is 62.8 Å². The quantitative estimate of drug-likeness (QED) is 0.604. The van der Waals surface area contributed by atoms with Crippen LogP contribution in [0.5, 0.6) is 0 Å². The number of anilines is 1. The van der Waals surface area contributed by atoms with Crippen LogP contribution in [0.1, 0.15) is 44.6 Å². The first kappa shape index (κ1) is 26.7. The highest BCUT2D eigenvalue weighted by molar-refractivity contribution is 5.85. The monoisotopic (exact) mass is 477 g/mol. The number of piperazine rings is 1. The number of carbonyl (C=O) groups excluding carboxylic acids is 1. The molecule has 2 aliphatic rings. The lowest BCUT2D eigenvalue weighted by Crippen LogP contribution is -2.47. The summed E-state index contributed by atoms with van der Waals surface area (Å²) in [6.07, 6.45) is 1.14. The van der Waals surface area contributed by atoms with Gasteiger partial charge in [-0.05, 0) is 69.7 Å². The van der Waals surface area contributed by atoms with E-state index in [1.807, 2.05) is 11.8 Å². The number of hydrogen-bond acceptors (Lipinski definition) is 4. The number of nitrogens with zero attached hydrogens (tertiary/aromatic N) is 2. The van der Waals surface area contributed by atoms with Gasteiger partial charge < -0.3 is 15.0 Å². The third kappa shape index (κ3) is 8.12. The molecule has 0 bridgehead atoms. The van der Waals surface area contributed by atoms with Crippen LogP contribution in [0.4, 0.5) is 18.9 Å². The van der Waals surface area contributed by atoms with Gasteiger partial charge in [-0.1, -0.05) is 6.07 Å². The van der Waals surface area contributed by atoms with Crippen LogP contribution in [0.3, 0.4) is 0 Å². The molecular weight excluding hydrogens is 443 g/mol. The van der Waals surface area contributed by atoms with Crippen LogP contribution >= 0.6 is 12.4 Å². The second-order valence-corrected chi connectivity index (χ2v) is 8.59. The maximum Gasteiger partial charge on any atom is 0.416 e. The number of hydrogen-bond donors (Lipinski definition) is 1. The number of amides is 1. The van der Waals surface area contributed by atoms with Gasteiger partial charge in [0.15, 0.2) is 0 Å². The molecular formula is C23H35ClF3N3O2. The van der Waals surface area contributed by atoms with E-state index in [1.54, 1.807) is 6.07 Å². The molecule has 9 heteroatoms. The number of nitrogens with one attached hydrogen (secondary N) is 1. The Hall–Kier alpha value is -1.51. The lowest BCUT2D eigenvalue weighted by Gasteiger charge is -2.37. The van der Waals surface area contributed by atoms with E-state index in [0.717, 1.165) is 70.9 Å². The molecule has 0 unspecified atom stereocenters. The van der Waals surface area contributed by atoms with Gasteiger partial charge in [0.1, 0.15) is 6.61 Å². The Morgan fingerprint density at radius 1 is 1.12 bits per heavy atom. The minimum atomic E-state index is -4.30. The largest absolute Gasteiger partial charge is 0.416 e.